The predicted octanol–water partition coefficient (Wildman–Crippen LogP) is 2.87. The van der Waals surface area contributed by atoms with Gasteiger partial charge in [-0.2, -0.15) is 0 Å². The van der Waals surface area contributed by atoms with Gasteiger partial charge >= 0.3 is 5.97 Å². The molecule has 0 saturated heterocycles. The Morgan fingerprint density at radius 3 is 2.29 bits per heavy atom. The highest BCUT2D eigenvalue weighted by Gasteiger charge is 2.11. The largest absolute Gasteiger partial charge is 0.497 e. The minimum atomic E-state index is -0.443. The van der Waals surface area contributed by atoms with Gasteiger partial charge < -0.3 is 14.8 Å². The van der Waals surface area contributed by atoms with E-state index < -0.39 is 5.97 Å². The maximum Gasteiger partial charge on any atom is 0.308 e. The van der Waals surface area contributed by atoms with Crippen LogP contribution in [0.5, 0.6) is 11.5 Å². The Labute approximate surface area is 122 Å². The van der Waals surface area contributed by atoms with Crippen molar-refractivity contribution < 1.29 is 19.1 Å². The van der Waals surface area contributed by atoms with Crippen LogP contribution in [-0.2, 0) is 4.79 Å². The average molecular weight is 285 g/mol. The summed E-state index contributed by atoms with van der Waals surface area (Å²) in [6.45, 7) is 1.31. The van der Waals surface area contributed by atoms with Crippen molar-refractivity contribution in [1.29, 1.82) is 0 Å². The average Bonchev–Trinajstić information content (AvgIpc) is 2.49. The van der Waals surface area contributed by atoms with Crippen molar-refractivity contribution in [2.24, 2.45) is 0 Å². The van der Waals surface area contributed by atoms with E-state index in [-0.39, 0.29) is 5.91 Å². The second-order valence-corrected chi connectivity index (χ2v) is 4.27. The first-order valence-corrected chi connectivity index (χ1v) is 6.33. The van der Waals surface area contributed by atoms with E-state index >= 15 is 0 Å². The lowest BCUT2D eigenvalue weighted by molar-refractivity contribution is -0.131. The molecule has 21 heavy (non-hydrogen) atoms. The number of para-hydroxylation sites is 2. The molecule has 0 aliphatic carbocycles. The maximum atomic E-state index is 12.2. The summed E-state index contributed by atoms with van der Waals surface area (Å²) in [4.78, 5) is 23.2. The second-order valence-electron chi connectivity index (χ2n) is 4.27. The zero-order valence-electron chi connectivity index (χ0n) is 11.8. The molecule has 0 radical (unpaired) electrons. The summed E-state index contributed by atoms with van der Waals surface area (Å²) in [5.41, 5.74) is 0.918. The Balaban J connectivity index is 2.17. The fraction of sp³-hybridized carbons (Fsp3) is 0.125. The molecule has 2 aromatic carbocycles. The number of anilines is 1. The summed E-state index contributed by atoms with van der Waals surface area (Å²) in [6.07, 6.45) is 0. The number of carbonyl (C=O) groups is 2. The fourth-order valence-corrected chi connectivity index (χ4v) is 1.75. The number of hydrogen-bond donors (Lipinski definition) is 1. The molecule has 0 fully saturated rings. The number of esters is 1. The predicted molar refractivity (Wildman–Crippen MR) is 78.7 cm³/mol. The third-order valence-electron chi connectivity index (χ3n) is 2.74. The number of ether oxygens (including phenoxy) is 2. The molecule has 0 aliphatic heterocycles. The smallest absolute Gasteiger partial charge is 0.308 e. The van der Waals surface area contributed by atoms with Crippen molar-refractivity contribution in [2.75, 3.05) is 12.4 Å². The van der Waals surface area contributed by atoms with E-state index in [4.69, 9.17) is 9.47 Å². The van der Waals surface area contributed by atoms with Crippen LogP contribution in [0.4, 0.5) is 5.69 Å². The zero-order chi connectivity index (χ0) is 15.2. The SMILES string of the molecule is COc1ccc(C(=O)Nc2ccccc2OC(C)=O)cc1. The van der Waals surface area contributed by atoms with E-state index in [0.717, 1.165) is 0 Å². The van der Waals surface area contributed by atoms with E-state index in [9.17, 15) is 9.59 Å². The summed E-state index contributed by atoms with van der Waals surface area (Å²) in [7, 11) is 1.56. The molecule has 0 atom stereocenters. The number of nitrogens with one attached hydrogen (secondary N) is 1. The highest BCUT2D eigenvalue weighted by Crippen LogP contribution is 2.24. The zero-order valence-corrected chi connectivity index (χ0v) is 11.8. The van der Waals surface area contributed by atoms with Crippen LogP contribution in [-0.4, -0.2) is 19.0 Å². The van der Waals surface area contributed by atoms with Crippen LogP contribution >= 0.6 is 0 Å². The molecule has 0 spiro atoms. The number of amides is 1. The number of carbonyl (C=O) groups excluding carboxylic acids is 2. The fourth-order valence-electron chi connectivity index (χ4n) is 1.75. The quantitative estimate of drug-likeness (QED) is 0.693. The summed E-state index contributed by atoms with van der Waals surface area (Å²) in [5, 5.41) is 2.71. The van der Waals surface area contributed by atoms with Gasteiger partial charge in [-0.25, -0.2) is 0 Å². The second kappa shape index (κ2) is 6.56. The Bertz CT molecular complexity index is 650. The molecule has 5 heteroatoms. The molecular weight excluding hydrogens is 270 g/mol. The Hall–Kier alpha value is -2.82. The number of methoxy groups -OCH3 is 1. The van der Waals surface area contributed by atoms with E-state index in [1.54, 1.807) is 55.6 Å². The first-order valence-electron chi connectivity index (χ1n) is 6.33. The van der Waals surface area contributed by atoms with Crippen LogP contribution in [0, 0.1) is 0 Å². The van der Waals surface area contributed by atoms with Gasteiger partial charge in [-0.15, -0.1) is 0 Å². The first kappa shape index (κ1) is 14.6. The Morgan fingerprint density at radius 2 is 1.67 bits per heavy atom. The van der Waals surface area contributed by atoms with Crippen LogP contribution in [0.15, 0.2) is 48.5 Å². The summed E-state index contributed by atoms with van der Waals surface area (Å²) < 4.78 is 10.1. The third-order valence-corrected chi connectivity index (χ3v) is 2.74. The van der Waals surface area contributed by atoms with Crippen LogP contribution in [0.2, 0.25) is 0 Å². The van der Waals surface area contributed by atoms with E-state index in [2.05, 4.69) is 5.32 Å². The van der Waals surface area contributed by atoms with E-state index in [0.29, 0.717) is 22.7 Å². The van der Waals surface area contributed by atoms with Crippen LogP contribution in [0.1, 0.15) is 17.3 Å². The van der Waals surface area contributed by atoms with Gasteiger partial charge in [0, 0.05) is 12.5 Å². The molecule has 5 nitrogen and oxygen atoms in total. The summed E-state index contributed by atoms with van der Waals surface area (Å²) >= 11 is 0. The van der Waals surface area contributed by atoms with Crippen molar-refractivity contribution in [3.8, 4) is 11.5 Å². The number of rotatable bonds is 4. The Morgan fingerprint density at radius 1 is 1.00 bits per heavy atom. The van der Waals surface area contributed by atoms with Gasteiger partial charge in [0.2, 0.25) is 0 Å². The van der Waals surface area contributed by atoms with Crippen molar-refractivity contribution in [1.82, 2.24) is 0 Å². The van der Waals surface area contributed by atoms with Gasteiger partial charge in [0.05, 0.1) is 12.8 Å². The lowest BCUT2D eigenvalue weighted by Gasteiger charge is -2.10. The minimum absolute atomic E-state index is 0.294. The third kappa shape index (κ3) is 3.82. The molecular formula is C16H15NO4. The molecule has 0 bridgehead atoms. The molecule has 0 heterocycles. The lowest BCUT2D eigenvalue weighted by Crippen LogP contribution is -2.13. The van der Waals surface area contributed by atoms with Gasteiger partial charge in [0.1, 0.15) is 5.75 Å². The molecule has 0 aromatic heterocycles. The van der Waals surface area contributed by atoms with Crippen molar-refractivity contribution in [3.05, 3.63) is 54.1 Å². The topological polar surface area (TPSA) is 64.6 Å². The highest BCUT2D eigenvalue weighted by molar-refractivity contribution is 6.05. The summed E-state index contributed by atoms with van der Waals surface area (Å²) in [6, 6.07) is 13.5. The van der Waals surface area contributed by atoms with Crippen LogP contribution < -0.4 is 14.8 Å². The van der Waals surface area contributed by atoms with Gasteiger partial charge in [-0.1, -0.05) is 12.1 Å². The molecule has 108 valence electrons. The molecule has 2 aromatic rings. The number of hydrogen-bond acceptors (Lipinski definition) is 4. The highest BCUT2D eigenvalue weighted by atomic mass is 16.5. The summed E-state index contributed by atoms with van der Waals surface area (Å²) in [5.74, 6) is 0.247. The Kier molecular flexibility index (Phi) is 4.56. The van der Waals surface area contributed by atoms with Gasteiger partial charge in [-0.05, 0) is 36.4 Å². The van der Waals surface area contributed by atoms with Crippen molar-refractivity contribution in [2.45, 2.75) is 6.92 Å². The lowest BCUT2D eigenvalue weighted by atomic mass is 10.2. The molecule has 0 unspecified atom stereocenters. The molecule has 1 N–H and O–H groups in total. The van der Waals surface area contributed by atoms with Gasteiger partial charge in [0.15, 0.2) is 5.75 Å². The van der Waals surface area contributed by atoms with E-state index in [1.165, 1.54) is 6.92 Å². The van der Waals surface area contributed by atoms with Crippen LogP contribution in [0.3, 0.4) is 0 Å². The monoisotopic (exact) mass is 285 g/mol. The van der Waals surface area contributed by atoms with Gasteiger partial charge in [0.25, 0.3) is 5.91 Å². The maximum absolute atomic E-state index is 12.2. The number of benzene rings is 2. The minimum Gasteiger partial charge on any atom is -0.497 e. The molecule has 0 aliphatic rings. The van der Waals surface area contributed by atoms with E-state index in [1.807, 2.05) is 0 Å². The molecule has 2 rings (SSSR count). The van der Waals surface area contributed by atoms with Crippen LogP contribution in [0.25, 0.3) is 0 Å². The van der Waals surface area contributed by atoms with Gasteiger partial charge in [-0.3, -0.25) is 9.59 Å². The van der Waals surface area contributed by atoms with Crippen molar-refractivity contribution >= 4 is 17.6 Å². The normalized spacial score (nSPS) is 9.81. The first-order chi connectivity index (χ1) is 10.1. The van der Waals surface area contributed by atoms with Crippen molar-refractivity contribution in [3.63, 3.8) is 0 Å². The molecule has 1 amide bonds. The molecule has 0 saturated carbocycles. The standard InChI is InChI=1S/C16H15NO4/c1-11(18)21-15-6-4-3-5-14(15)17-16(19)12-7-9-13(20-2)10-8-12/h3-10H,1-2H3,(H,17,19).